The Labute approximate surface area is 166 Å². The van der Waals surface area contributed by atoms with Gasteiger partial charge >= 0.3 is 0 Å². The monoisotopic (exact) mass is 382 g/mol. The van der Waals surface area contributed by atoms with Gasteiger partial charge in [0.15, 0.2) is 0 Å². The van der Waals surface area contributed by atoms with E-state index in [0.717, 1.165) is 22.5 Å². The van der Waals surface area contributed by atoms with Crippen molar-refractivity contribution in [1.29, 1.82) is 0 Å². The highest BCUT2D eigenvalue weighted by atomic mass is 15.4. The molecule has 0 radical (unpaired) electrons. The van der Waals surface area contributed by atoms with E-state index in [2.05, 4.69) is 49.6 Å². The van der Waals surface area contributed by atoms with Crippen LogP contribution < -0.4 is 5.32 Å². The Bertz CT molecular complexity index is 1240. The van der Waals surface area contributed by atoms with E-state index in [-0.39, 0.29) is 6.04 Å². The van der Waals surface area contributed by atoms with Crippen LogP contribution in [0.1, 0.15) is 18.5 Å². The number of benzene rings is 2. The van der Waals surface area contributed by atoms with Crippen molar-refractivity contribution in [1.82, 2.24) is 34.5 Å². The topological polar surface area (TPSA) is 86.3 Å². The Hall–Kier alpha value is -4.07. The van der Waals surface area contributed by atoms with Crippen molar-refractivity contribution in [2.45, 2.75) is 13.0 Å². The molecule has 0 fully saturated rings. The summed E-state index contributed by atoms with van der Waals surface area (Å²) in [4.78, 5) is 13.6. The van der Waals surface area contributed by atoms with Crippen LogP contribution in [0.5, 0.6) is 0 Å². The second kappa shape index (κ2) is 7.16. The number of nitrogens with zero attached hydrogens (tertiary/aromatic N) is 7. The fraction of sp³-hybridized carbons (Fsp3) is 0.0952. The SMILES string of the molecule is C[C@H](Nc1nccc(-n2cnc3ccc(-n4ccnn4)cc32)n1)c1ccccc1. The van der Waals surface area contributed by atoms with Gasteiger partial charge in [-0.15, -0.1) is 5.10 Å². The summed E-state index contributed by atoms with van der Waals surface area (Å²) >= 11 is 0. The third-order valence-corrected chi connectivity index (χ3v) is 4.75. The largest absolute Gasteiger partial charge is 0.348 e. The molecule has 142 valence electrons. The lowest BCUT2D eigenvalue weighted by molar-refractivity contribution is 0.803. The summed E-state index contributed by atoms with van der Waals surface area (Å²) in [5.74, 6) is 1.30. The van der Waals surface area contributed by atoms with Gasteiger partial charge in [0.1, 0.15) is 12.1 Å². The molecule has 0 bridgehead atoms. The first-order valence-electron chi connectivity index (χ1n) is 9.27. The molecule has 0 saturated carbocycles. The van der Waals surface area contributed by atoms with Crippen molar-refractivity contribution in [3.63, 3.8) is 0 Å². The molecule has 0 unspecified atom stereocenters. The number of nitrogens with one attached hydrogen (secondary N) is 1. The minimum atomic E-state index is 0.0879. The second-order valence-electron chi connectivity index (χ2n) is 6.65. The van der Waals surface area contributed by atoms with Crippen molar-refractivity contribution in [2.24, 2.45) is 0 Å². The van der Waals surface area contributed by atoms with Crippen LogP contribution in [0.25, 0.3) is 22.5 Å². The van der Waals surface area contributed by atoms with Gasteiger partial charge in [0.05, 0.1) is 35.2 Å². The molecule has 5 aromatic rings. The predicted molar refractivity (Wildman–Crippen MR) is 110 cm³/mol. The molecular weight excluding hydrogens is 364 g/mol. The average Bonchev–Trinajstić information content (AvgIpc) is 3.44. The zero-order chi connectivity index (χ0) is 19.6. The van der Waals surface area contributed by atoms with Gasteiger partial charge in [-0.3, -0.25) is 4.57 Å². The molecule has 3 aromatic heterocycles. The van der Waals surface area contributed by atoms with Crippen LogP contribution in [-0.2, 0) is 0 Å². The Morgan fingerprint density at radius 2 is 1.86 bits per heavy atom. The summed E-state index contributed by atoms with van der Waals surface area (Å²) in [5, 5.41) is 11.3. The second-order valence-corrected chi connectivity index (χ2v) is 6.65. The molecule has 29 heavy (non-hydrogen) atoms. The van der Waals surface area contributed by atoms with Crippen molar-refractivity contribution in [2.75, 3.05) is 5.32 Å². The number of rotatable bonds is 5. The van der Waals surface area contributed by atoms with Crippen LogP contribution in [0.3, 0.4) is 0 Å². The molecule has 1 atom stereocenters. The van der Waals surface area contributed by atoms with E-state index in [0.29, 0.717) is 5.95 Å². The predicted octanol–water partition coefficient (Wildman–Crippen LogP) is 3.57. The van der Waals surface area contributed by atoms with Gasteiger partial charge in [-0.25, -0.2) is 14.6 Å². The number of anilines is 1. The molecule has 5 rings (SSSR count). The molecule has 0 saturated heterocycles. The van der Waals surface area contributed by atoms with Crippen molar-refractivity contribution < 1.29 is 0 Å². The first-order valence-corrected chi connectivity index (χ1v) is 9.27. The normalized spacial score (nSPS) is 12.2. The molecule has 0 aliphatic carbocycles. The highest BCUT2D eigenvalue weighted by Crippen LogP contribution is 2.21. The van der Waals surface area contributed by atoms with Gasteiger partial charge in [-0.05, 0) is 36.8 Å². The Kier molecular flexibility index (Phi) is 4.21. The molecule has 3 heterocycles. The minimum Gasteiger partial charge on any atom is -0.348 e. The lowest BCUT2D eigenvalue weighted by Gasteiger charge is -2.14. The van der Waals surface area contributed by atoms with E-state index in [9.17, 15) is 0 Å². The number of imidazole rings is 1. The van der Waals surface area contributed by atoms with Crippen LogP contribution in [0.15, 0.2) is 79.5 Å². The first-order chi connectivity index (χ1) is 14.3. The third-order valence-electron chi connectivity index (χ3n) is 4.75. The van der Waals surface area contributed by atoms with Crippen LogP contribution >= 0.6 is 0 Å². The van der Waals surface area contributed by atoms with E-state index in [1.807, 2.05) is 47.0 Å². The molecule has 0 aliphatic heterocycles. The molecule has 2 aromatic carbocycles. The average molecular weight is 382 g/mol. The van der Waals surface area contributed by atoms with Crippen LogP contribution in [-0.4, -0.2) is 34.5 Å². The van der Waals surface area contributed by atoms with Gasteiger partial charge in [0.2, 0.25) is 5.95 Å². The summed E-state index contributed by atoms with van der Waals surface area (Å²) in [5.41, 5.74) is 3.88. The molecule has 1 N–H and O–H groups in total. The summed E-state index contributed by atoms with van der Waals surface area (Å²) in [6.07, 6.45) is 6.97. The summed E-state index contributed by atoms with van der Waals surface area (Å²) in [7, 11) is 0. The molecule has 0 amide bonds. The first kappa shape index (κ1) is 17.1. The maximum absolute atomic E-state index is 4.69. The van der Waals surface area contributed by atoms with Crippen LogP contribution in [0, 0.1) is 0 Å². The van der Waals surface area contributed by atoms with E-state index in [1.165, 1.54) is 5.56 Å². The van der Waals surface area contributed by atoms with Crippen molar-refractivity contribution in [3.05, 3.63) is 85.1 Å². The zero-order valence-corrected chi connectivity index (χ0v) is 15.7. The fourth-order valence-corrected chi connectivity index (χ4v) is 3.24. The smallest absolute Gasteiger partial charge is 0.225 e. The van der Waals surface area contributed by atoms with Crippen molar-refractivity contribution >= 4 is 17.0 Å². The van der Waals surface area contributed by atoms with E-state index in [4.69, 9.17) is 0 Å². The van der Waals surface area contributed by atoms with E-state index in [1.54, 1.807) is 29.6 Å². The summed E-state index contributed by atoms with van der Waals surface area (Å²) < 4.78 is 3.65. The molecule has 0 spiro atoms. The maximum atomic E-state index is 4.69. The summed E-state index contributed by atoms with van der Waals surface area (Å²) in [6, 6.07) is 18.1. The molecular formula is C21H18N8. The van der Waals surface area contributed by atoms with Crippen LogP contribution in [0.2, 0.25) is 0 Å². The quantitative estimate of drug-likeness (QED) is 0.500. The number of hydrogen-bond donors (Lipinski definition) is 1. The Morgan fingerprint density at radius 1 is 0.966 bits per heavy atom. The van der Waals surface area contributed by atoms with E-state index < -0.39 is 0 Å². The van der Waals surface area contributed by atoms with Gasteiger partial charge in [0, 0.05) is 6.20 Å². The molecule has 8 nitrogen and oxygen atoms in total. The lowest BCUT2D eigenvalue weighted by atomic mass is 10.1. The Morgan fingerprint density at radius 3 is 2.69 bits per heavy atom. The number of hydrogen-bond acceptors (Lipinski definition) is 6. The minimum absolute atomic E-state index is 0.0879. The fourth-order valence-electron chi connectivity index (χ4n) is 3.24. The van der Waals surface area contributed by atoms with Gasteiger partial charge in [0.25, 0.3) is 0 Å². The van der Waals surface area contributed by atoms with Gasteiger partial charge in [-0.1, -0.05) is 35.5 Å². The molecule has 0 aliphatic rings. The lowest BCUT2D eigenvalue weighted by Crippen LogP contribution is -2.10. The third kappa shape index (κ3) is 3.31. The van der Waals surface area contributed by atoms with Gasteiger partial charge in [-0.2, -0.15) is 4.98 Å². The Balaban J connectivity index is 1.49. The highest BCUT2D eigenvalue weighted by molar-refractivity contribution is 5.79. The van der Waals surface area contributed by atoms with Crippen molar-refractivity contribution in [3.8, 4) is 11.5 Å². The van der Waals surface area contributed by atoms with E-state index >= 15 is 0 Å². The summed E-state index contributed by atoms with van der Waals surface area (Å²) in [6.45, 7) is 2.09. The van der Waals surface area contributed by atoms with Gasteiger partial charge < -0.3 is 5.32 Å². The zero-order valence-electron chi connectivity index (χ0n) is 15.7. The molecule has 8 heteroatoms. The van der Waals surface area contributed by atoms with Crippen LogP contribution in [0.4, 0.5) is 5.95 Å². The maximum Gasteiger partial charge on any atom is 0.225 e. The number of aromatic nitrogens is 7. The number of fused-ring (bicyclic) bond motifs is 1. The standard InChI is InChI=1S/C21H18N8/c1-15(16-5-3-2-4-6-16)25-21-22-10-9-20(26-21)28-14-23-18-8-7-17(13-19(18)28)29-12-11-24-27-29/h2-15H,1H3,(H,22,25,26)/t15-/m0/s1. The highest BCUT2D eigenvalue weighted by Gasteiger charge is 2.11.